The van der Waals surface area contributed by atoms with Crippen LogP contribution in [-0.2, 0) is 0 Å². The average molecular weight is 307 g/mol. The molecule has 5 nitrogen and oxygen atoms in total. The highest BCUT2D eigenvalue weighted by Crippen LogP contribution is 2.20. The zero-order valence-corrected chi connectivity index (χ0v) is 13.6. The fourth-order valence-corrected chi connectivity index (χ4v) is 2.74. The first-order chi connectivity index (χ1) is 11.1. The molecular weight excluding hydrogens is 286 g/mol. The van der Waals surface area contributed by atoms with Crippen LogP contribution in [0.5, 0.6) is 0 Å². The maximum atomic E-state index is 4.44. The van der Waals surface area contributed by atoms with Crippen molar-refractivity contribution in [1.29, 1.82) is 0 Å². The number of hydrogen-bond donors (Lipinski definition) is 1. The van der Waals surface area contributed by atoms with Crippen molar-refractivity contribution in [3.63, 3.8) is 0 Å². The van der Waals surface area contributed by atoms with E-state index in [1.165, 1.54) is 5.56 Å². The van der Waals surface area contributed by atoms with E-state index in [1.54, 1.807) is 24.9 Å². The zero-order chi connectivity index (χ0) is 16.2. The molecule has 0 aliphatic rings. The molecule has 5 heteroatoms. The molecule has 118 valence electrons. The van der Waals surface area contributed by atoms with E-state index >= 15 is 0 Å². The van der Waals surface area contributed by atoms with Crippen LogP contribution in [0.2, 0.25) is 0 Å². The van der Waals surface area contributed by atoms with Crippen molar-refractivity contribution in [3.8, 4) is 5.69 Å². The molecule has 3 aromatic rings. The van der Waals surface area contributed by atoms with Crippen LogP contribution in [-0.4, -0.2) is 19.5 Å². The standard InChI is InChI=1S/C18H21N5/c1-13(22-15(3)18-14(2)20-8-9-21-18)16-4-6-17(7-5-16)23-11-10-19-12-23/h4-13,15,22H,1-3H3/t13-,15-/m1/s1. The van der Waals surface area contributed by atoms with Crippen LogP contribution in [0.3, 0.4) is 0 Å². The van der Waals surface area contributed by atoms with Gasteiger partial charge in [0, 0.05) is 42.6 Å². The smallest absolute Gasteiger partial charge is 0.0991 e. The summed E-state index contributed by atoms with van der Waals surface area (Å²) in [5.41, 5.74) is 4.31. The van der Waals surface area contributed by atoms with E-state index in [9.17, 15) is 0 Å². The second-order valence-corrected chi connectivity index (χ2v) is 5.70. The van der Waals surface area contributed by atoms with E-state index in [0.717, 1.165) is 17.1 Å². The Morgan fingerprint density at radius 2 is 1.70 bits per heavy atom. The van der Waals surface area contributed by atoms with E-state index < -0.39 is 0 Å². The highest BCUT2D eigenvalue weighted by Gasteiger charge is 2.14. The molecule has 0 unspecified atom stereocenters. The van der Waals surface area contributed by atoms with Crippen molar-refractivity contribution in [2.75, 3.05) is 0 Å². The predicted octanol–water partition coefficient (Wildman–Crippen LogP) is 3.38. The molecule has 1 aromatic carbocycles. The number of imidazole rings is 1. The summed E-state index contributed by atoms with van der Waals surface area (Å²) in [5.74, 6) is 0. The molecule has 2 atom stereocenters. The van der Waals surface area contributed by atoms with Crippen LogP contribution < -0.4 is 5.32 Å². The van der Waals surface area contributed by atoms with Crippen LogP contribution >= 0.6 is 0 Å². The van der Waals surface area contributed by atoms with E-state index in [-0.39, 0.29) is 12.1 Å². The number of hydrogen-bond acceptors (Lipinski definition) is 4. The first-order valence-electron chi connectivity index (χ1n) is 7.77. The molecule has 0 saturated carbocycles. The molecule has 0 fully saturated rings. The summed E-state index contributed by atoms with van der Waals surface area (Å²) < 4.78 is 1.99. The monoisotopic (exact) mass is 307 g/mol. The lowest BCUT2D eigenvalue weighted by atomic mass is 10.1. The van der Waals surface area contributed by atoms with Gasteiger partial charge in [-0.05, 0) is 38.5 Å². The summed E-state index contributed by atoms with van der Waals surface area (Å²) in [6.45, 7) is 6.27. The van der Waals surface area contributed by atoms with Crippen LogP contribution in [0.4, 0.5) is 0 Å². The summed E-state index contributed by atoms with van der Waals surface area (Å²) in [6.07, 6.45) is 8.99. The van der Waals surface area contributed by atoms with Crippen LogP contribution in [0, 0.1) is 6.92 Å². The van der Waals surface area contributed by atoms with Gasteiger partial charge in [0.1, 0.15) is 0 Å². The van der Waals surface area contributed by atoms with E-state index in [2.05, 4.69) is 58.4 Å². The van der Waals surface area contributed by atoms with Crippen LogP contribution in [0.1, 0.15) is 42.9 Å². The Hall–Kier alpha value is -2.53. The molecule has 3 rings (SSSR count). The van der Waals surface area contributed by atoms with Crippen molar-refractivity contribution < 1.29 is 0 Å². The van der Waals surface area contributed by atoms with E-state index in [4.69, 9.17) is 0 Å². The minimum atomic E-state index is 0.145. The van der Waals surface area contributed by atoms with Gasteiger partial charge in [-0.3, -0.25) is 9.97 Å². The highest BCUT2D eigenvalue weighted by molar-refractivity contribution is 5.35. The minimum absolute atomic E-state index is 0.145. The zero-order valence-electron chi connectivity index (χ0n) is 13.6. The topological polar surface area (TPSA) is 55.6 Å². The number of nitrogens with zero attached hydrogens (tertiary/aromatic N) is 4. The van der Waals surface area contributed by atoms with Crippen molar-refractivity contribution in [1.82, 2.24) is 24.8 Å². The summed E-state index contributed by atoms with van der Waals surface area (Å²) in [4.78, 5) is 12.8. The predicted molar refractivity (Wildman–Crippen MR) is 90.3 cm³/mol. The largest absolute Gasteiger partial charge is 0.306 e. The Kier molecular flexibility index (Phi) is 4.48. The van der Waals surface area contributed by atoms with Crippen LogP contribution in [0.25, 0.3) is 5.69 Å². The first kappa shape index (κ1) is 15.4. The molecular formula is C18H21N5. The lowest BCUT2D eigenvalue weighted by molar-refractivity contribution is 0.483. The quantitative estimate of drug-likeness (QED) is 0.785. The van der Waals surface area contributed by atoms with Gasteiger partial charge in [0.25, 0.3) is 0 Å². The SMILES string of the molecule is Cc1nccnc1[C@@H](C)N[C@H](C)c1ccc(-n2ccnc2)cc1. The lowest BCUT2D eigenvalue weighted by Crippen LogP contribution is -2.24. The van der Waals surface area contributed by atoms with Gasteiger partial charge in [-0.1, -0.05) is 12.1 Å². The number of benzene rings is 1. The number of aryl methyl sites for hydroxylation is 1. The van der Waals surface area contributed by atoms with Crippen molar-refractivity contribution in [2.24, 2.45) is 0 Å². The second kappa shape index (κ2) is 6.71. The maximum absolute atomic E-state index is 4.44. The maximum Gasteiger partial charge on any atom is 0.0991 e. The fourth-order valence-electron chi connectivity index (χ4n) is 2.74. The molecule has 0 bridgehead atoms. The summed E-state index contributed by atoms with van der Waals surface area (Å²) in [6, 6.07) is 8.86. The van der Waals surface area contributed by atoms with Crippen LogP contribution in [0.15, 0.2) is 55.4 Å². The summed E-state index contributed by atoms with van der Waals surface area (Å²) in [7, 11) is 0. The Morgan fingerprint density at radius 3 is 2.35 bits per heavy atom. The molecule has 0 radical (unpaired) electrons. The molecule has 0 amide bonds. The second-order valence-electron chi connectivity index (χ2n) is 5.70. The Labute approximate surface area is 136 Å². The third-order valence-corrected chi connectivity index (χ3v) is 4.02. The van der Waals surface area contributed by atoms with Gasteiger partial charge >= 0.3 is 0 Å². The van der Waals surface area contributed by atoms with E-state index in [1.807, 2.05) is 17.7 Å². The Bertz CT molecular complexity index is 749. The van der Waals surface area contributed by atoms with Crippen molar-refractivity contribution in [2.45, 2.75) is 32.9 Å². The molecule has 2 heterocycles. The van der Waals surface area contributed by atoms with Gasteiger partial charge in [-0.2, -0.15) is 0 Å². The molecule has 0 aliphatic carbocycles. The fraction of sp³-hybridized carbons (Fsp3) is 0.278. The number of rotatable bonds is 5. The molecule has 2 aromatic heterocycles. The summed E-state index contributed by atoms with van der Waals surface area (Å²) >= 11 is 0. The van der Waals surface area contributed by atoms with Gasteiger partial charge in [0.05, 0.1) is 17.7 Å². The van der Waals surface area contributed by atoms with Gasteiger partial charge in [0.2, 0.25) is 0 Å². The highest BCUT2D eigenvalue weighted by atomic mass is 15.0. The lowest BCUT2D eigenvalue weighted by Gasteiger charge is -2.21. The average Bonchev–Trinajstić information content (AvgIpc) is 3.09. The number of aromatic nitrogens is 4. The Morgan fingerprint density at radius 1 is 0.957 bits per heavy atom. The third-order valence-electron chi connectivity index (χ3n) is 4.02. The van der Waals surface area contributed by atoms with Gasteiger partial charge in [-0.15, -0.1) is 0 Å². The van der Waals surface area contributed by atoms with Gasteiger partial charge in [-0.25, -0.2) is 4.98 Å². The van der Waals surface area contributed by atoms with Crippen molar-refractivity contribution in [3.05, 3.63) is 72.3 Å². The summed E-state index contributed by atoms with van der Waals surface area (Å²) in [5, 5.41) is 3.59. The normalized spacial score (nSPS) is 13.7. The van der Waals surface area contributed by atoms with E-state index in [0.29, 0.717) is 0 Å². The molecule has 0 aliphatic heterocycles. The first-order valence-corrected chi connectivity index (χ1v) is 7.77. The van der Waals surface area contributed by atoms with Crippen molar-refractivity contribution >= 4 is 0 Å². The molecule has 1 N–H and O–H groups in total. The van der Waals surface area contributed by atoms with Gasteiger partial charge in [0.15, 0.2) is 0 Å². The minimum Gasteiger partial charge on any atom is -0.306 e. The number of nitrogens with one attached hydrogen (secondary N) is 1. The molecule has 23 heavy (non-hydrogen) atoms. The third kappa shape index (κ3) is 3.46. The molecule has 0 saturated heterocycles. The Balaban J connectivity index is 1.71. The molecule has 0 spiro atoms. The van der Waals surface area contributed by atoms with Gasteiger partial charge < -0.3 is 9.88 Å².